The molecule has 0 aliphatic carbocycles. The van der Waals surface area contributed by atoms with Crippen LogP contribution >= 0.6 is 12.2 Å². The van der Waals surface area contributed by atoms with Crippen molar-refractivity contribution in [1.29, 1.82) is 0 Å². The van der Waals surface area contributed by atoms with Gasteiger partial charge in [-0.1, -0.05) is 6.07 Å². The molecule has 0 radical (unpaired) electrons. The lowest BCUT2D eigenvalue weighted by Crippen LogP contribution is -2.42. The van der Waals surface area contributed by atoms with Crippen LogP contribution in [0.2, 0.25) is 0 Å². The van der Waals surface area contributed by atoms with E-state index in [9.17, 15) is 12.8 Å². The summed E-state index contributed by atoms with van der Waals surface area (Å²) in [4.78, 5) is 0.171. The molecule has 0 saturated carbocycles. The number of thiocarbonyl (C=S) groups is 1. The molecule has 0 fully saturated rings. The number of rotatable bonds is 4. The number of anilines is 3. The average molecular weight is 484 g/mol. The fraction of sp³-hybridized carbons (Fsp3) is 0.240. The van der Waals surface area contributed by atoms with Crippen molar-refractivity contribution in [1.82, 2.24) is 0 Å². The van der Waals surface area contributed by atoms with Crippen molar-refractivity contribution in [3.63, 3.8) is 0 Å². The van der Waals surface area contributed by atoms with Crippen LogP contribution in [0.1, 0.15) is 30.0 Å². The Bertz CT molecular complexity index is 1310. The summed E-state index contributed by atoms with van der Waals surface area (Å²) in [5, 5.41) is 6.63. The van der Waals surface area contributed by atoms with E-state index in [0.29, 0.717) is 34.9 Å². The Hall–Kier alpha value is -2.97. The lowest BCUT2D eigenvalue weighted by Gasteiger charge is -2.36. The molecular formula is C25H26FN3O2S2. The van der Waals surface area contributed by atoms with Gasteiger partial charge in [0.15, 0.2) is 5.11 Å². The van der Waals surface area contributed by atoms with Gasteiger partial charge < -0.3 is 10.6 Å². The largest absolute Gasteiger partial charge is 0.332 e. The number of aryl methyl sites for hydroxylation is 3. The molecule has 3 aromatic carbocycles. The first-order valence-electron chi connectivity index (χ1n) is 10.7. The third-order valence-electron chi connectivity index (χ3n) is 5.94. The molecular weight excluding hydrogens is 457 g/mol. The van der Waals surface area contributed by atoms with Gasteiger partial charge in [0.2, 0.25) is 0 Å². The summed E-state index contributed by atoms with van der Waals surface area (Å²) in [6.07, 6.45) is 1.28. The second kappa shape index (κ2) is 9.11. The Kier molecular flexibility index (Phi) is 6.41. The fourth-order valence-corrected chi connectivity index (χ4v) is 5.95. The maximum Gasteiger partial charge on any atom is 0.264 e. The van der Waals surface area contributed by atoms with Crippen molar-refractivity contribution >= 4 is 44.4 Å². The molecule has 1 atom stereocenters. The van der Waals surface area contributed by atoms with E-state index in [-0.39, 0.29) is 16.8 Å². The zero-order valence-corrected chi connectivity index (χ0v) is 20.4. The predicted octanol–water partition coefficient (Wildman–Crippen LogP) is 5.78. The van der Waals surface area contributed by atoms with E-state index in [1.165, 1.54) is 22.0 Å². The van der Waals surface area contributed by atoms with E-state index >= 15 is 0 Å². The van der Waals surface area contributed by atoms with Gasteiger partial charge in [0, 0.05) is 17.4 Å². The molecule has 33 heavy (non-hydrogen) atoms. The topological polar surface area (TPSA) is 61.4 Å². The summed E-state index contributed by atoms with van der Waals surface area (Å²) in [5.74, 6) is -0.360. The van der Waals surface area contributed by atoms with Crippen LogP contribution in [-0.4, -0.2) is 19.6 Å². The van der Waals surface area contributed by atoms with Crippen LogP contribution in [0.5, 0.6) is 0 Å². The minimum Gasteiger partial charge on any atom is -0.332 e. The van der Waals surface area contributed by atoms with Crippen molar-refractivity contribution in [3.8, 4) is 0 Å². The monoisotopic (exact) mass is 483 g/mol. The number of hydrogen-bond donors (Lipinski definition) is 2. The van der Waals surface area contributed by atoms with Crippen molar-refractivity contribution in [2.75, 3.05) is 14.9 Å². The molecule has 0 spiro atoms. The molecule has 0 aromatic heterocycles. The third-order valence-corrected chi connectivity index (χ3v) is 8.09. The first kappa shape index (κ1) is 23.2. The minimum atomic E-state index is -3.81. The first-order chi connectivity index (χ1) is 15.6. The van der Waals surface area contributed by atoms with Gasteiger partial charge in [0.05, 0.1) is 10.6 Å². The second-order valence-electron chi connectivity index (χ2n) is 8.36. The Labute approximate surface area is 199 Å². The highest BCUT2D eigenvalue weighted by Gasteiger charge is 2.33. The quantitative estimate of drug-likeness (QED) is 0.461. The van der Waals surface area contributed by atoms with Crippen LogP contribution in [0.15, 0.2) is 65.6 Å². The molecule has 5 nitrogen and oxygen atoms in total. The molecule has 0 saturated heterocycles. The summed E-state index contributed by atoms with van der Waals surface area (Å²) in [7, 11) is -3.81. The van der Waals surface area contributed by atoms with Crippen molar-refractivity contribution in [3.05, 3.63) is 83.2 Å². The number of halogens is 1. The van der Waals surface area contributed by atoms with Crippen LogP contribution in [0, 0.1) is 19.7 Å². The summed E-state index contributed by atoms with van der Waals surface area (Å²) in [5.41, 5.74) is 5.16. The highest BCUT2D eigenvalue weighted by Crippen LogP contribution is 2.36. The molecule has 172 valence electrons. The molecule has 1 aliphatic heterocycles. The Balaban J connectivity index is 1.52. The molecule has 1 aliphatic rings. The fourth-order valence-electron chi connectivity index (χ4n) is 3.99. The summed E-state index contributed by atoms with van der Waals surface area (Å²) in [6.45, 7) is 5.96. The Morgan fingerprint density at radius 3 is 2.33 bits per heavy atom. The third kappa shape index (κ3) is 4.86. The maximum atomic E-state index is 13.7. The van der Waals surface area contributed by atoms with E-state index in [1.807, 2.05) is 39.0 Å². The first-order valence-corrected chi connectivity index (χ1v) is 12.6. The lowest BCUT2D eigenvalue weighted by atomic mass is 9.99. The van der Waals surface area contributed by atoms with Gasteiger partial charge in [-0.2, -0.15) is 0 Å². The second-order valence-corrected chi connectivity index (χ2v) is 10.6. The van der Waals surface area contributed by atoms with E-state index in [4.69, 9.17) is 12.2 Å². The number of nitrogens with zero attached hydrogens (tertiary/aromatic N) is 1. The molecule has 3 aromatic rings. The van der Waals surface area contributed by atoms with Gasteiger partial charge in [-0.05, 0) is 117 Å². The number of benzene rings is 3. The van der Waals surface area contributed by atoms with Gasteiger partial charge in [-0.15, -0.1) is 0 Å². The highest BCUT2D eigenvalue weighted by atomic mass is 32.2. The summed E-state index contributed by atoms with van der Waals surface area (Å²) >= 11 is 5.39. The van der Waals surface area contributed by atoms with Crippen molar-refractivity contribution in [2.45, 2.75) is 44.6 Å². The number of fused-ring (bicyclic) bond motifs is 1. The summed E-state index contributed by atoms with van der Waals surface area (Å²) < 4.78 is 42.0. The smallest absolute Gasteiger partial charge is 0.264 e. The molecule has 8 heteroatoms. The minimum absolute atomic E-state index is 0.171. The van der Waals surface area contributed by atoms with Crippen LogP contribution in [0.4, 0.5) is 21.5 Å². The van der Waals surface area contributed by atoms with Crippen LogP contribution in [0.25, 0.3) is 0 Å². The van der Waals surface area contributed by atoms with Crippen molar-refractivity contribution in [2.24, 2.45) is 0 Å². The van der Waals surface area contributed by atoms with E-state index in [0.717, 1.165) is 11.3 Å². The van der Waals surface area contributed by atoms with Crippen LogP contribution in [-0.2, 0) is 16.4 Å². The SMILES string of the molecule is Cc1ccc(NC(=S)Nc2ccc(S(=O)(=O)N3c4ccc(F)cc4CCC3C)cc2)cc1C. The average Bonchev–Trinajstić information content (AvgIpc) is 2.76. The van der Waals surface area contributed by atoms with Gasteiger partial charge >= 0.3 is 0 Å². The molecule has 2 N–H and O–H groups in total. The Morgan fingerprint density at radius 2 is 1.64 bits per heavy atom. The van der Waals surface area contributed by atoms with E-state index < -0.39 is 10.0 Å². The number of hydrogen-bond acceptors (Lipinski definition) is 3. The zero-order chi connectivity index (χ0) is 23.8. The Morgan fingerprint density at radius 1 is 0.970 bits per heavy atom. The van der Waals surface area contributed by atoms with E-state index in [1.54, 1.807) is 30.3 Å². The predicted molar refractivity (Wildman–Crippen MR) is 136 cm³/mol. The number of nitrogens with one attached hydrogen (secondary N) is 2. The van der Waals surface area contributed by atoms with Crippen LogP contribution < -0.4 is 14.9 Å². The molecule has 4 rings (SSSR count). The van der Waals surface area contributed by atoms with Crippen LogP contribution in [0.3, 0.4) is 0 Å². The van der Waals surface area contributed by atoms with Gasteiger partial charge in [0.25, 0.3) is 10.0 Å². The zero-order valence-electron chi connectivity index (χ0n) is 18.7. The standard InChI is InChI=1S/C25H26FN3O2S2/c1-16-4-8-22(14-17(16)2)28-25(32)27-21-9-11-23(12-10-21)33(30,31)29-18(3)5-6-19-15-20(26)7-13-24(19)29/h4,7-15,18H,5-6H2,1-3H3,(H2,27,28,32). The highest BCUT2D eigenvalue weighted by molar-refractivity contribution is 7.92. The summed E-state index contributed by atoms with van der Waals surface area (Å²) in [6, 6.07) is 16.5. The molecule has 0 bridgehead atoms. The number of sulfonamides is 1. The molecule has 0 amide bonds. The normalized spacial score (nSPS) is 15.6. The van der Waals surface area contributed by atoms with Gasteiger partial charge in [0.1, 0.15) is 5.82 Å². The van der Waals surface area contributed by atoms with Gasteiger partial charge in [-0.25, -0.2) is 12.8 Å². The van der Waals surface area contributed by atoms with Crippen molar-refractivity contribution < 1.29 is 12.8 Å². The van der Waals surface area contributed by atoms with E-state index in [2.05, 4.69) is 10.6 Å². The molecule has 1 heterocycles. The maximum absolute atomic E-state index is 13.7. The molecule has 1 unspecified atom stereocenters. The lowest BCUT2D eigenvalue weighted by molar-refractivity contribution is 0.560. The van der Waals surface area contributed by atoms with Gasteiger partial charge in [-0.3, -0.25) is 4.31 Å².